The lowest BCUT2D eigenvalue weighted by Crippen LogP contribution is -2.45. The van der Waals surface area contributed by atoms with Crippen molar-refractivity contribution in [3.8, 4) is 5.75 Å². The summed E-state index contributed by atoms with van der Waals surface area (Å²) in [6.07, 6.45) is 3.94. The van der Waals surface area contributed by atoms with E-state index >= 15 is 0 Å². The third-order valence-corrected chi connectivity index (χ3v) is 8.06. The molecular formula is C31H41N5O3. The highest BCUT2D eigenvalue weighted by atomic mass is 16.6. The minimum Gasteiger partial charge on any atom is -0.410 e. The SMILES string of the molecule is CC(C)(C)c1nc2c(C(=O)NCC3CCN(CC4CCN(C(=O)Oc5ccccc5)CC4)CC3)cccc2[nH]1. The summed E-state index contributed by atoms with van der Waals surface area (Å²) in [5.41, 5.74) is 2.18. The molecule has 2 aliphatic heterocycles. The average Bonchev–Trinajstić information content (AvgIpc) is 3.39. The lowest BCUT2D eigenvalue weighted by atomic mass is 9.92. The molecule has 0 atom stereocenters. The van der Waals surface area contributed by atoms with E-state index in [0.717, 1.165) is 75.3 Å². The number of para-hydroxylation sites is 2. The van der Waals surface area contributed by atoms with E-state index in [9.17, 15) is 9.59 Å². The van der Waals surface area contributed by atoms with Gasteiger partial charge in [-0.3, -0.25) is 4.79 Å². The number of imidazole rings is 1. The van der Waals surface area contributed by atoms with E-state index in [1.807, 2.05) is 53.4 Å². The summed E-state index contributed by atoms with van der Waals surface area (Å²) < 4.78 is 5.50. The van der Waals surface area contributed by atoms with Gasteiger partial charge in [-0.25, -0.2) is 9.78 Å². The van der Waals surface area contributed by atoms with Crippen LogP contribution >= 0.6 is 0 Å². The number of piperidine rings is 2. The molecule has 2 fully saturated rings. The fourth-order valence-corrected chi connectivity index (χ4v) is 5.59. The van der Waals surface area contributed by atoms with E-state index in [2.05, 4.69) is 36.0 Å². The third kappa shape index (κ3) is 6.79. The van der Waals surface area contributed by atoms with Crippen molar-refractivity contribution in [2.75, 3.05) is 39.3 Å². The number of aromatic nitrogens is 2. The fraction of sp³-hybridized carbons (Fsp3) is 0.516. The Labute approximate surface area is 231 Å². The average molecular weight is 532 g/mol. The molecular weight excluding hydrogens is 490 g/mol. The van der Waals surface area contributed by atoms with Gasteiger partial charge >= 0.3 is 6.09 Å². The van der Waals surface area contributed by atoms with E-state index in [1.54, 1.807) is 0 Å². The van der Waals surface area contributed by atoms with Crippen LogP contribution in [0.15, 0.2) is 48.5 Å². The molecule has 0 spiro atoms. The predicted octanol–water partition coefficient (Wildman–Crippen LogP) is 5.21. The Hall–Kier alpha value is -3.39. The second-order valence-corrected chi connectivity index (χ2v) is 12.1. The molecule has 5 rings (SSSR count). The normalized spacial score (nSPS) is 17.9. The molecule has 3 aromatic rings. The molecule has 0 bridgehead atoms. The van der Waals surface area contributed by atoms with Crippen LogP contribution in [0.2, 0.25) is 0 Å². The minimum atomic E-state index is -0.249. The van der Waals surface area contributed by atoms with Gasteiger partial charge in [0.1, 0.15) is 17.1 Å². The van der Waals surface area contributed by atoms with Crippen LogP contribution < -0.4 is 10.1 Å². The standard InChI is InChI=1S/C31H41N5O3/c1-31(2,3)29-33-26-11-7-10-25(27(26)34-29)28(37)32-20-22-12-16-35(17-13-22)21-23-14-18-36(19-15-23)30(38)39-24-8-5-4-6-9-24/h4-11,22-23H,12-21H2,1-3H3,(H,32,37)(H,33,34). The molecule has 8 nitrogen and oxygen atoms in total. The van der Waals surface area contributed by atoms with Gasteiger partial charge in [-0.2, -0.15) is 0 Å². The zero-order valence-electron chi connectivity index (χ0n) is 23.4. The Kier molecular flexibility index (Phi) is 8.21. The number of likely N-dealkylation sites (tertiary alicyclic amines) is 2. The van der Waals surface area contributed by atoms with Gasteiger partial charge in [0, 0.05) is 31.6 Å². The lowest BCUT2D eigenvalue weighted by Gasteiger charge is -2.37. The number of nitrogens with zero attached hydrogens (tertiary/aromatic N) is 3. The van der Waals surface area contributed by atoms with Crippen molar-refractivity contribution in [3.05, 3.63) is 59.9 Å². The Morgan fingerprint density at radius 2 is 1.64 bits per heavy atom. The van der Waals surface area contributed by atoms with Crippen molar-refractivity contribution < 1.29 is 14.3 Å². The van der Waals surface area contributed by atoms with Crippen LogP contribution in [-0.4, -0.2) is 71.0 Å². The number of nitrogens with one attached hydrogen (secondary N) is 2. The number of H-pyrrole nitrogens is 1. The summed E-state index contributed by atoms with van der Waals surface area (Å²) in [7, 11) is 0. The van der Waals surface area contributed by atoms with Crippen LogP contribution in [0.3, 0.4) is 0 Å². The van der Waals surface area contributed by atoms with Gasteiger partial charge in [-0.05, 0) is 74.9 Å². The molecule has 208 valence electrons. The number of hydrogen-bond donors (Lipinski definition) is 2. The molecule has 2 aliphatic rings. The van der Waals surface area contributed by atoms with E-state index in [1.165, 1.54) is 0 Å². The summed E-state index contributed by atoms with van der Waals surface area (Å²) in [5.74, 6) is 2.53. The Morgan fingerprint density at radius 3 is 2.33 bits per heavy atom. The first-order valence-corrected chi connectivity index (χ1v) is 14.3. The molecule has 2 amide bonds. The first-order chi connectivity index (χ1) is 18.8. The van der Waals surface area contributed by atoms with Crippen LogP contribution in [0, 0.1) is 11.8 Å². The maximum atomic E-state index is 13.1. The Morgan fingerprint density at radius 1 is 0.949 bits per heavy atom. The van der Waals surface area contributed by atoms with Gasteiger partial charge in [0.15, 0.2) is 0 Å². The van der Waals surface area contributed by atoms with E-state index in [0.29, 0.717) is 29.7 Å². The van der Waals surface area contributed by atoms with Crippen molar-refractivity contribution in [3.63, 3.8) is 0 Å². The molecule has 1 aromatic heterocycles. The number of ether oxygens (including phenoxy) is 1. The van der Waals surface area contributed by atoms with Crippen LogP contribution in [0.4, 0.5) is 4.79 Å². The van der Waals surface area contributed by atoms with Gasteiger partial charge in [-0.15, -0.1) is 0 Å². The smallest absolute Gasteiger partial charge is 0.410 e. The zero-order chi connectivity index (χ0) is 27.4. The van der Waals surface area contributed by atoms with E-state index in [-0.39, 0.29) is 17.4 Å². The fourth-order valence-electron chi connectivity index (χ4n) is 5.59. The maximum Gasteiger partial charge on any atom is 0.415 e. The number of benzene rings is 2. The number of amides is 2. The van der Waals surface area contributed by atoms with Gasteiger partial charge < -0.3 is 24.8 Å². The summed E-state index contributed by atoms with van der Waals surface area (Å²) >= 11 is 0. The predicted molar refractivity (Wildman–Crippen MR) is 153 cm³/mol. The monoisotopic (exact) mass is 531 g/mol. The van der Waals surface area contributed by atoms with Crippen molar-refractivity contribution in [1.29, 1.82) is 0 Å². The van der Waals surface area contributed by atoms with Crippen LogP contribution in [-0.2, 0) is 5.41 Å². The number of carbonyl (C=O) groups excluding carboxylic acids is 2. The first-order valence-electron chi connectivity index (χ1n) is 14.3. The molecule has 8 heteroatoms. The number of carbonyl (C=O) groups is 2. The highest BCUT2D eigenvalue weighted by Crippen LogP contribution is 2.26. The zero-order valence-corrected chi connectivity index (χ0v) is 23.4. The van der Waals surface area contributed by atoms with Crippen molar-refractivity contribution in [2.45, 2.75) is 51.9 Å². The quantitative estimate of drug-likeness (QED) is 0.456. The molecule has 2 saturated heterocycles. The molecule has 0 radical (unpaired) electrons. The molecule has 2 N–H and O–H groups in total. The Balaban J connectivity index is 1.03. The summed E-state index contributed by atoms with van der Waals surface area (Å²) in [4.78, 5) is 38.0. The number of fused-ring (bicyclic) bond motifs is 1. The van der Waals surface area contributed by atoms with Gasteiger partial charge in [0.2, 0.25) is 0 Å². The van der Waals surface area contributed by atoms with Gasteiger partial charge in [0.25, 0.3) is 5.91 Å². The molecule has 39 heavy (non-hydrogen) atoms. The second-order valence-electron chi connectivity index (χ2n) is 12.1. The highest BCUT2D eigenvalue weighted by molar-refractivity contribution is 6.04. The van der Waals surface area contributed by atoms with Crippen LogP contribution in [0.5, 0.6) is 5.75 Å². The minimum absolute atomic E-state index is 0.0486. The molecule has 0 unspecified atom stereocenters. The lowest BCUT2D eigenvalue weighted by molar-refractivity contribution is 0.0924. The van der Waals surface area contributed by atoms with Crippen LogP contribution in [0.25, 0.3) is 11.0 Å². The largest absolute Gasteiger partial charge is 0.415 e. The summed E-state index contributed by atoms with van der Waals surface area (Å²) in [5, 5.41) is 3.18. The second kappa shape index (κ2) is 11.8. The molecule has 0 saturated carbocycles. The number of aromatic amines is 1. The van der Waals surface area contributed by atoms with E-state index < -0.39 is 0 Å². The van der Waals surface area contributed by atoms with Gasteiger partial charge in [-0.1, -0.05) is 45.0 Å². The molecule has 2 aromatic carbocycles. The topological polar surface area (TPSA) is 90.6 Å². The van der Waals surface area contributed by atoms with Crippen LogP contribution in [0.1, 0.15) is 62.6 Å². The summed E-state index contributed by atoms with van der Waals surface area (Å²) in [6, 6.07) is 15.0. The van der Waals surface area contributed by atoms with Crippen molar-refractivity contribution >= 4 is 23.0 Å². The van der Waals surface area contributed by atoms with Crippen molar-refractivity contribution in [2.24, 2.45) is 11.8 Å². The van der Waals surface area contributed by atoms with Gasteiger partial charge in [0.05, 0.1) is 11.1 Å². The van der Waals surface area contributed by atoms with E-state index in [4.69, 9.17) is 9.72 Å². The first kappa shape index (κ1) is 27.2. The number of hydrogen-bond acceptors (Lipinski definition) is 5. The maximum absolute atomic E-state index is 13.1. The molecule has 3 heterocycles. The molecule has 0 aliphatic carbocycles. The number of rotatable bonds is 6. The third-order valence-electron chi connectivity index (χ3n) is 8.06. The van der Waals surface area contributed by atoms with Crippen molar-refractivity contribution in [1.82, 2.24) is 25.1 Å². The Bertz CT molecular complexity index is 1270. The highest BCUT2D eigenvalue weighted by Gasteiger charge is 2.28. The summed E-state index contributed by atoms with van der Waals surface area (Å²) in [6.45, 7) is 11.7.